The number of nitrogens with zero attached hydrogens (tertiary/aromatic N) is 4. The number of amides is 1. The molecule has 2 heterocycles. The van der Waals surface area contributed by atoms with Crippen LogP contribution in [0.2, 0.25) is 0 Å². The van der Waals surface area contributed by atoms with Gasteiger partial charge in [-0.25, -0.2) is 9.97 Å². The van der Waals surface area contributed by atoms with Crippen LogP contribution in [0.25, 0.3) is 22.2 Å². The number of anilines is 4. The van der Waals surface area contributed by atoms with Crippen LogP contribution in [0.5, 0.6) is 5.75 Å². The summed E-state index contributed by atoms with van der Waals surface area (Å²) in [6.45, 7) is 4.91. The van der Waals surface area contributed by atoms with E-state index >= 15 is 0 Å². The molecule has 0 fully saturated rings. The lowest BCUT2D eigenvalue weighted by molar-refractivity contribution is -0.114. The Labute approximate surface area is 245 Å². The maximum absolute atomic E-state index is 12.8. The van der Waals surface area contributed by atoms with Crippen LogP contribution in [0.15, 0.2) is 67.2 Å². The Kier molecular flexibility index (Phi) is 9.33. The molecule has 0 aliphatic carbocycles. The largest absolute Gasteiger partial charge is 0.494 e. The van der Waals surface area contributed by atoms with Crippen LogP contribution in [0.3, 0.4) is 0 Å². The fourth-order valence-corrected chi connectivity index (χ4v) is 4.80. The fraction of sp³-hybridized carbons (Fsp3) is 0.276. The van der Waals surface area contributed by atoms with E-state index in [2.05, 4.69) is 36.6 Å². The molecule has 0 radical (unpaired) electrons. The van der Waals surface area contributed by atoms with E-state index in [0.29, 0.717) is 35.3 Å². The predicted octanol–water partition coefficient (Wildman–Crippen LogP) is 4.18. The van der Waals surface area contributed by atoms with E-state index in [4.69, 9.17) is 9.72 Å². The SMILES string of the molecule is C=C(OS(C)(=O)=O)C(=O)Nc1cc(Nc2nccc(-c3cn(C)c4ccccc34)n2)c(OC)cc1NCCCN(C)C. The van der Waals surface area contributed by atoms with Crippen LogP contribution in [-0.2, 0) is 26.1 Å². The minimum Gasteiger partial charge on any atom is -0.494 e. The molecular formula is C29H35N7O5S. The Balaban J connectivity index is 1.66. The van der Waals surface area contributed by atoms with Crippen LogP contribution in [-0.4, -0.2) is 74.3 Å². The van der Waals surface area contributed by atoms with Gasteiger partial charge >= 0.3 is 10.1 Å². The summed E-state index contributed by atoms with van der Waals surface area (Å²) in [5.41, 5.74) is 4.14. The zero-order valence-corrected chi connectivity index (χ0v) is 25.1. The number of carbonyl (C=O) groups is 1. The van der Waals surface area contributed by atoms with Gasteiger partial charge in [0.05, 0.1) is 36.1 Å². The molecule has 0 saturated carbocycles. The van der Waals surface area contributed by atoms with Crippen molar-refractivity contribution in [2.45, 2.75) is 6.42 Å². The lowest BCUT2D eigenvalue weighted by atomic mass is 10.1. The zero-order valence-electron chi connectivity index (χ0n) is 24.3. The standard InChI is InChI=1S/C29H35N7O5S/c1-19(41-42(6,38)39)28(37)32-24-16-25(27(40-5)17-23(24)30-13-9-15-35(2)3)34-29-31-14-12-22(33-29)21-18-36(4)26-11-8-7-10-20(21)26/h7-8,10-12,14,16-18,30H,1,9,13,15H2,2-6H3,(H,32,37)(H,31,33,34). The highest BCUT2D eigenvalue weighted by Gasteiger charge is 2.19. The minimum absolute atomic E-state index is 0.313. The van der Waals surface area contributed by atoms with Gasteiger partial charge in [-0.05, 0) is 51.8 Å². The summed E-state index contributed by atoms with van der Waals surface area (Å²) in [5.74, 6) is -0.601. The maximum atomic E-state index is 12.8. The first kappa shape index (κ1) is 30.3. The third-order valence-electron chi connectivity index (χ3n) is 6.27. The second kappa shape index (κ2) is 12.9. The van der Waals surface area contributed by atoms with Gasteiger partial charge in [-0.3, -0.25) is 4.79 Å². The average molecular weight is 594 g/mol. The van der Waals surface area contributed by atoms with E-state index in [-0.39, 0.29) is 0 Å². The lowest BCUT2D eigenvalue weighted by Gasteiger charge is -2.19. The Hall–Kier alpha value is -4.62. The summed E-state index contributed by atoms with van der Waals surface area (Å²) in [5, 5.41) is 10.2. The Morgan fingerprint density at radius 1 is 1.12 bits per heavy atom. The third-order valence-corrected chi connectivity index (χ3v) is 6.77. The topological polar surface area (TPSA) is 140 Å². The highest BCUT2D eigenvalue weighted by atomic mass is 32.2. The minimum atomic E-state index is -3.93. The Morgan fingerprint density at radius 2 is 1.88 bits per heavy atom. The van der Waals surface area contributed by atoms with Gasteiger partial charge in [0.15, 0.2) is 5.76 Å². The summed E-state index contributed by atoms with van der Waals surface area (Å²) in [7, 11) is 3.56. The number of rotatable bonds is 13. The Morgan fingerprint density at radius 3 is 2.60 bits per heavy atom. The van der Waals surface area contributed by atoms with Crippen molar-refractivity contribution >= 4 is 49.9 Å². The molecule has 0 bridgehead atoms. The van der Waals surface area contributed by atoms with Gasteiger partial charge in [0.25, 0.3) is 5.91 Å². The van der Waals surface area contributed by atoms with Gasteiger partial charge in [-0.15, -0.1) is 0 Å². The van der Waals surface area contributed by atoms with E-state index < -0.39 is 21.8 Å². The van der Waals surface area contributed by atoms with Gasteiger partial charge in [-0.2, -0.15) is 8.42 Å². The molecule has 0 aliphatic rings. The smallest absolute Gasteiger partial charge is 0.306 e. The summed E-state index contributed by atoms with van der Waals surface area (Å²) in [6.07, 6.45) is 5.36. The number of hydrogen-bond donors (Lipinski definition) is 3. The zero-order chi connectivity index (χ0) is 30.4. The van der Waals surface area contributed by atoms with Gasteiger partial charge in [0, 0.05) is 48.5 Å². The molecule has 0 saturated heterocycles. The molecule has 42 heavy (non-hydrogen) atoms. The predicted molar refractivity (Wildman–Crippen MR) is 166 cm³/mol. The van der Waals surface area contributed by atoms with Crippen molar-refractivity contribution in [3.8, 4) is 17.0 Å². The summed E-state index contributed by atoms with van der Waals surface area (Å²) >= 11 is 0. The first-order valence-electron chi connectivity index (χ1n) is 13.1. The molecule has 4 aromatic rings. The number of benzene rings is 2. The van der Waals surface area contributed by atoms with E-state index in [0.717, 1.165) is 41.4 Å². The van der Waals surface area contributed by atoms with E-state index in [1.165, 1.54) is 7.11 Å². The first-order chi connectivity index (χ1) is 19.9. The van der Waals surface area contributed by atoms with Gasteiger partial charge in [0.2, 0.25) is 5.95 Å². The van der Waals surface area contributed by atoms with Crippen LogP contribution >= 0.6 is 0 Å². The number of fused-ring (bicyclic) bond motifs is 1. The molecule has 0 spiro atoms. The number of ether oxygens (including phenoxy) is 1. The summed E-state index contributed by atoms with van der Waals surface area (Å²) < 4.78 is 35.4. The van der Waals surface area contributed by atoms with Crippen LogP contribution in [0.4, 0.5) is 23.0 Å². The van der Waals surface area contributed by atoms with Gasteiger partial charge < -0.3 is 34.3 Å². The van der Waals surface area contributed by atoms with Gasteiger partial charge in [-0.1, -0.05) is 18.2 Å². The molecule has 2 aromatic carbocycles. The van der Waals surface area contributed by atoms with Crippen molar-refractivity contribution in [3.05, 3.63) is 67.2 Å². The van der Waals surface area contributed by atoms with Crippen LogP contribution < -0.4 is 20.7 Å². The third kappa shape index (κ3) is 7.56. The maximum Gasteiger partial charge on any atom is 0.306 e. The summed E-state index contributed by atoms with van der Waals surface area (Å²) in [6, 6.07) is 13.3. The average Bonchev–Trinajstić information content (AvgIpc) is 3.27. The second-order valence-electron chi connectivity index (χ2n) is 9.91. The highest BCUT2D eigenvalue weighted by molar-refractivity contribution is 7.86. The van der Waals surface area contributed by atoms with Crippen LogP contribution in [0.1, 0.15) is 6.42 Å². The molecule has 222 valence electrons. The molecule has 1 amide bonds. The van der Waals surface area contributed by atoms with E-state index in [1.807, 2.05) is 62.2 Å². The Bertz CT molecular complexity index is 1720. The monoisotopic (exact) mass is 593 g/mol. The van der Waals surface area contributed by atoms with E-state index in [9.17, 15) is 13.2 Å². The molecule has 2 aromatic heterocycles. The first-order valence-corrected chi connectivity index (χ1v) is 14.9. The molecule has 0 unspecified atom stereocenters. The molecule has 4 rings (SSSR count). The van der Waals surface area contributed by atoms with Crippen molar-refractivity contribution in [3.63, 3.8) is 0 Å². The van der Waals surface area contributed by atoms with Gasteiger partial charge in [0.1, 0.15) is 5.75 Å². The second-order valence-corrected chi connectivity index (χ2v) is 11.5. The molecule has 3 N–H and O–H groups in total. The number of hydrogen-bond acceptors (Lipinski definition) is 10. The number of aromatic nitrogens is 3. The number of para-hydroxylation sites is 1. The normalized spacial score (nSPS) is 11.4. The number of methoxy groups -OCH3 is 1. The quantitative estimate of drug-likeness (QED) is 0.0895. The molecule has 13 heteroatoms. The van der Waals surface area contributed by atoms with Crippen molar-refractivity contribution in [1.29, 1.82) is 0 Å². The van der Waals surface area contributed by atoms with E-state index in [1.54, 1.807) is 18.3 Å². The number of carbonyl (C=O) groups excluding carboxylic acids is 1. The van der Waals surface area contributed by atoms with Crippen molar-refractivity contribution in [2.24, 2.45) is 7.05 Å². The fourth-order valence-electron chi connectivity index (χ4n) is 4.36. The van der Waals surface area contributed by atoms with Crippen LogP contribution in [0, 0.1) is 0 Å². The molecular weight excluding hydrogens is 558 g/mol. The molecule has 12 nitrogen and oxygen atoms in total. The number of aryl methyl sites for hydroxylation is 1. The lowest BCUT2D eigenvalue weighted by Crippen LogP contribution is -2.20. The molecule has 0 aliphatic heterocycles. The number of nitrogens with one attached hydrogen (secondary N) is 3. The summed E-state index contributed by atoms with van der Waals surface area (Å²) in [4.78, 5) is 24.0. The van der Waals surface area contributed by atoms with Crippen molar-refractivity contribution < 1.29 is 22.1 Å². The van der Waals surface area contributed by atoms with Crippen molar-refractivity contribution in [1.82, 2.24) is 19.4 Å². The molecule has 0 atom stereocenters. The van der Waals surface area contributed by atoms with Crippen molar-refractivity contribution in [2.75, 3.05) is 56.5 Å². The highest BCUT2D eigenvalue weighted by Crippen LogP contribution is 2.37.